The molecule has 1 fully saturated rings. The molecule has 1 N–H and O–H groups in total. The molecule has 106 valence electrons. The second-order valence-corrected chi connectivity index (χ2v) is 5.37. The Kier molecular flexibility index (Phi) is 5.28. The Morgan fingerprint density at radius 2 is 2.26 bits per heavy atom. The van der Waals surface area contributed by atoms with Gasteiger partial charge in [-0.15, -0.1) is 0 Å². The van der Waals surface area contributed by atoms with E-state index in [1.54, 1.807) is 6.07 Å². The first kappa shape index (κ1) is 14.4. The first-order chi connectivity index (χ1) is 9.20. The van der Waals surface area contributed by atoms with Gasteiger partial charge in [0.25, 0.3) is 0 Å². The fourth-order valence-electron chi connectivity index (χ4n) is 2.54. The molecule has 4 heteroatoms. The Hall–Kier alpha value is -1.00. The lowest BCUT2D eigenvalue weighted by atomic mass is 9.91. The molecular weight excluding hydrogens is 241 g/mol. The Morgan fingerprint density at radius 1 is 1.47 bits per heavy atom. The smallest absolute Gasteiger partial charge is 0.141 e. The molecule has 1 unspecified atom stereocenters. The summed E-state index contributed by atoms with van der Waals surface area (Å²) in [5.41, 5.74) is 0.935. The van der Waals surface area contributed by atoms with E-state index >= 15 is 0 Å². The van der Waals surface area contributed by atoms with E-state index in [2.05, 4.69) is 29.2 Å². The normalized spacial score (nSPS) is 17.5. The lowest BCUT2D eigenvalue weighted by Gasteiger charge is -2.35. The summed E-state index contributed by atoms with van der Waals surface area (Å²) in [6.45, 7) is 4.05. The van der Waals surface area contributed by atoms with Crippen molar-refractivity contribution >= 4 is 0 Å². The summed E-state index contributed by atoms with van der Waals surface area (Å²) in [6, 6.07) is 4.26. The van der Waals surface area contributed by atoms with E-state index < -0.39 is 0 Å². The van der Waals surface area contributed by atoms with Crippen LogP contribution in [0, 0.1) is 5.82 Å². The first-order valence-electron chi connectivity index (χ1n) is 7.25. The highest BCUT2D eigenvalue weighted by atomic mass is 19.1. The van der Waals surface area contributed by atoms with Gasteiger partial charge in [-0.25, -0.2) is 4.39 Å². The zero-order chi connectivity index (χ0) is 13.7. The standard InChI is InChI=1S/C15H24FN3/c1-3-17-15(14-8-7-12(16)11-18-14)9-10-19(2)13-5-4-6-13/h7-8,11,13,15,17H,3-6,9-10H2,1-2H3. The van der Waals surface area contributed by atoms with Crippen LogP contribution in [0.15, 0.2) is 18.3 Å². The van der Waals surface area contributed by atoms with Gasteiger partial charge in [-0.05, 0) is 51.5 Å². The number of rotatable bonds is 7. The van der Waals surface area contributed by atoms with Crippen molar-refractivity contribution in [3.05, 3.63) is 29.8 Å². The van der Waals surface area contributed by atoms with Crippen molar-refractivity contribution in [1.82, 2.24) is 15.2 Å². The van der Waals surface area contributed by atoms with Gasteiger partial charge in [-0.3, -0.25) is 4.98 Å². The molecule has 0 bridgehead atoms. The number of nitrogens with zero attached hydrogens (tertiary/aromatic N) is 2. The molecule has 1 aromatic heterocycles. The SMILES string of the molecule is CCNC(CCN(C)C1CCC1)c1ccc(F)cn1. The molecule has 19 heavy (non-hydrogen) atoms. The fourth-order valence-corrected chi connectivity index (χ4v) is 2.54. The first-order valence-corrected chi connectivity index (χ1v) is 7.25. The molecule has 0 aliphatic heterocycles. The van der Waals surface area contributed by atoms with E-state index in [4.69, 9.17) is 0 Å². The third-order valence-electron chi connectivity index (χ3n) is 4.03. The average Bonchev–Trinajstić information content (AvgIpc) is 2.33. The molecule has 1 aliphatic rings. The topological polar surface area (TPSA) is 28.2 Å². The number of halogens is 1. The summed E-state index contributed by atoms with van der Waals surface area (Å²) < 4.78 is 12.9. The van der Waals surface area contributed by atoms with Crippen LogP contribution in [0.25, 0.3) is 0 Å². The van der Waals surface area contributed by atoms with E-state index in [0.717, 1.165) is 31.2 Å². The molecule has 0 radical (unpaired) electrons. The van der Waals surface area contributed by atoms with Gasteiger partial charge in [-0.2, -0.15) is 0 Å². The Bertz CT molecular complexity index is 375. The van der Waals surface area contributed by atoms with Crippen LogP contribution in [0.2, 0.25) is 0 Å². The lowest BCUT2D eigenvalue weighted by molar-refractivity contribution is 0.153. The van der Waals surface area contributed by atoms with Crippen molar-refractivity contribution in [3.8, 4) is 0 Å². The second-order valence-electron chi connectivity index (χ2n) is 5.37. The minimum Gasteiger partial charge on any atom is -0.309 e. The summed E-state index contributed by atoms with van der Waals surface area (Å²) in [6.07, 6.45) is 6.34. The Morgan fingerprint density at radius 3 is 2.79 bits per heavy atom. The number of hydrogen-bond acceptors (Lipinski definition) is 3. The van der Waals surface area contributed by atoms with Crippen molar-refractivity contribution in [2.24, 2.45) is 0 Å². The molecule has 1 aromatic rings. The zero-order valence-corrected chi connectivity index (χ0v) is 11.9. The minimum absolute atomic E-state index is 0.216. The fraction of sp³-hybridized carbons (Fsp3) is 0.667. The predicted molar refractivity (Wildman–Crippen MR) is 75.5 cm³/mol. The maximum atomic E-state index is 12.9. The van der Waals surface area contributed by atoms with Gasteiger partial charge in [0.1, 0.15) is 5.82 Å². The molecule has 2 rings (SSSR count). The van der Waals surface area contributed by atoms with Gasteiger partial charge >= 0.3 is 0 Å². The molecule has 1 atom stereocenters. The van der Waals surface area contributed by atoms with Crippen molar-refractivity contribution in [2.45, 2.75) is 44.7 Å². The molecule has 0 amide bonds. The van der Waals surface area contributed by atoms with Crippen LogP contribution in [0.4, 0.5) is 4.39 Å². The maximum absolute atomic E-state index is 12.9. The highest BCUT2D eigenvalue weighted by Crippen LogP contribution is 2.24. The monoisotopic (exact) mass is 265 g/mol. The largest absolute Gasteiger partial charge is 0.309 e. The van der Waals surface area contributed by atoms with E-state index in [9.17, 15) is 4.39 Å². The van der Waals surface area contributed by atoms with Crippen LogP contribution in [-0.4, -0.2) is 36.1 Å². The number of nitrogens with one attached hydrogen (secondary N) is 1. The summed E-state index contributed by atoms with van der Waals surface area (Å²) in [5.74, 6) is -0.273. The predicted octanol–water partition coefficient (Wildman–Crippen LogP) is 2.75. The maximum Gasteiger partial charge on any atom is 0.141 e. The molecule has 3 nitrogen and oxygen atoms in total. The van der Waals surface area contributed by atoms with Crippen LogP contribution < -0.4 is 5.32 Å². The quantitative estimate of drug-likeness (QED) is 0.821. The molecule has 1 aliphatic carbocycles. The van der Waals surface area contributed by atoms with Crippen LogP contribution in [0.3, 0.4) is 0 Å². The van der Waals surface area contributed by atoms with Crippen LogP contribution >= 0.6 is 0 Å². The van der Waals surface area contributed by atoms with Crippen LogP contribution in [0.1, 0.15) is 44.3 Å². The van der Waals surface area contributed by atoms with Crippen molar-refractivity contribution in [1.29, 1.82) is 0 Å². The molecule has 0 spiro atoms. The highest BCUT2D eigenvalue weighted by Gasteiger charge is 2.22. The van der Waals surface area contributed by atoms with E-state index in [1.165, 1.54) is 31.5 Å². The van der Waals surface area contributed by atoms with Gasteiger partial charge in [0, 0.05) is 6.04 Å². The second kappa shape index (κ2) is 6.96. The molecular formula is C15H24FN3. The van der Waals surface area contributed by atoms with E-state index in [1.807, 2.05) is 0 Å². The minimum atomic E-state index is -0.273. The molecule has 0 aromatic carbocycles. The van der Waals surface area contributed by atoms with Crippen LogP contribution in [0.5, 0.6) is 0 Å². The van der Waals surface area contributed by atoms with Gasteiger partial charge in [0.05, 0.1) is 17.9 Å². The highest BCUT2D eigenvalue weighted by molar-refractivity contribution is 5.10. The van der Waals surface area contributed by atoms with Gasteiger partial charge < -0.3 is 10.2 Å². The molecule has 1 heterocycles. The summed E-state index contributed by atoms with van der Waals surface area (Å²) in [4.78, 5) is 6.64. The van der Waals surface area contributed by atoms with Crippen molar-refractivity contribution in [2.75, 3.05) is 20.1 Å². The Balaban J connectivity index is 1.89. The van der Waals surface area contributed by atoms with E-state index in [0.29, 0.717) is 0 Å². The van der Waals surface area contributed by atoms with Gasteiger partial charge in [0.15, 0.2) is 0 Å². The molecule has 0 saturated heterocycles. The van der Waals surface area contributed by atoms with Gasteiger partial charge in [0.2, 0.25) is 0 Å². The van der Waals surface area contributed by atoms with Crippen LogP contribution in [-0.2, 0) is 0 Å². The van der Waals surface area contributed by atoms with Gasteiger partial charge in [-0.1, -0.05) is 13.3 Å². The summed E-state index contributed by atoms with van der Waals surface area (Å²) >= 11 is 0. The number of pyridine rings is 1. The third kappa shape index (κ3) is 3.98. The van der Waals surface area contributed by atoms with Crippen molar-refractivity contribution < 1.29 is 4.39 Å². The average molecular weight is 265 g/mol. The Labute approximate surface area is 115 Å². The third-order valence-corrected chi connectivity index (χ3v) is 4.03. The van der Waals surface area contributed by atoms with E-state index in [-0.39, 0.29) is 11.9 Å². The number of hydrogen-bond donors (Lipinski definition) is 1. The number of aromatic nitrogens is 1. The molecule has 1 saturated carbocycles. The van der Waals surface area contributed by atoms with Crippen molar-refractivity contribution in [3.63, 3.8) is 0 Å². The zero-order valence-electron chi connectivity index (χ0n) is 11.9. The summed E-state index contributed by atoms with van der Waals surface area (Å²) in [7, 11) is 2.20. The summed E-state index contributed by atoms with van der Waals surface area (Å²) in [5, 5.41) is 3.44. The lowest BCUT2D eigenvalue weighted by Crippen LogP contribution is -2.39.